The molecule has 10 nitrogen and oxygen atoms in total. The monoisotopic (exact) mass is 474 g/mol. The minimum atomic E-state index is -0.544. The fourth-order valence-corrected chi connectivity index (χ4v) is 3.39. The van der Waals surface area contributed by atoms with Crippen LogP contribution in [0.25, 0.3) is 0 Å². The van der Waals surface area contributed by atoms with Crippen LogP contribution in [0, 0.1) is 5.92 Å². The summed E-state index contributed by atoms with van der Waals surface area (Å²) in [6.45, 7) is 3.74. The Morgan fingerprint density at radius 3 is 2.76 bits per heavy atom. The Kier molecular flexibility index (Phi) is 8.79. The highest BCUT2D eigenvalue weighted by molar-refractivity contribution is 7.80. The molecule has 0 spiro atoms. The first-order valence-electron chi connectivity index (χ1n) is 10.5. The maximum atomic E-state index is 12.6. The summed E-state index contributed by atoms with van der Waals surface area (Å²) in [6.07, 6.45) is 1.62. The van der Waals surface area contributed by atoms with Crippen LogP contribution in [0.5, 0.6) is 5.75 Å². The van der Waals surface area contributed by atoms with Gasteiger partial charge in [-0.2, -0.15) is 0 Å². The van der Waals surface area contributed by atoms with Gasteiger partial charge in [-0.1, -0.05) is 12.1 Å². The molecule has 1 saturated heterocycles. The van der Waals surface area contributed by atoms with E-state index in [1.165, 1.54) is 6.26 Å². The first-order valence-corrected chi connectivity index (χ1v) is 10.9. The van der Waals surface area contributed by atoms with Crippen LogP contribution in [0.1, 0.15) is 29.5 Å². The molecule has 33 heavy (non-hydrogen) atoms. The molecule has 1 fully saturated rings. The van der Waals surface area contributed by atoms with Gasteiger partial charge in [0.25, 0.3) is 5.91 Å². The zero-order valence-corrected chi connectivity index (χ0v) is 19.0. The summed E-state index contributed by atoms with van der Waals surface area (Å²) in [6, 6.07) is 10.2. The molecule has 0 aliphatic carbocycles. The summed E-state index contributed by atoms with van der Waals surface area (Å²) in [5.41, 5.74) is 5.25. The van der Waals surface area contributed by atoms with Crippen molar-refractivity contribution in [3.05, 3.63) is 54.0 Å². The lowest BCUT2D eigenvalue weighted by molar-refractivity contribution is -0.129. The summed E-state index contributed by atoms with van der Waals surface area (Å²) in [5, 5.41) is 2.41. The number of benzene rings is 1. The maximum Gasteiger partial charge on any atom is 0.261 e. The number of furan rings is 1. The van der Waals surface area contributed by atoms with Crippen molar-refractivity contribution in [3.8, 4) is 5.75 Å². The van der Waals surface area contributed by atoms with Gasteiger partial charge >= 0.3 is 0 Å². The third-order valence-electron chi connectivity index (χ3n) is 4.86. The maximum absolute atomic E-state index is 12.6. The zero-order valence-electron chi connectivity index (χ0n) is 18.2. The second-order valence-electron chi connectivity index (χ2n) is 7.19. The number of para-hydroxylation sites is 1. The number of carbonyl (C=O) groups excluding carboxylic acids is 3. The van der Waals surface area contributed by atoms with Gasteiger partial charge in [-0.25, -0.2) is 0 Å². The molecule has 1 aromatic heterocycles. The highest BCUT2D eigenvalue weighted by Gasteiger charge is 2.34. The van der Waals surface area contributed by atoms with Crippen molar-refractivity contribution in [3.63, 3.8) is 0 Å². The van der Waals surface area contributed by atoms with E-state index in [4.69, 9.17) is 26.1 Å². The molecule has 0 radical (unpaired) electrons. The van der Waals surface area contributed by atoms with Gasteiger partial charge < -0.3 is 18.8 Å². The topological polar surface area (TPSA) is 122 Å². The van der Waals surface area contributed by atoms with Crippen molar-refractivity contribution in [2.75, 3.05) is 26.4 Å². The molecule has 3 N–H and O–H groups in total. The second kappa shape index (κ2) is 12.0. The minimum Gasteiger partial charge on any atom is -0.490 e. The Morgan fingerprint density at radius 1 is 1.18 bits per heavy atom. The SMILES string of the molecule is CCOCCOc1ccccc1C(=O)NC(=S)NNC(=O)C1CC(=O)N(Cc2ccco2)C1. The first-order chi connectivity index (χ1) is 16.0. The number of thiocarbonyl (C=S) groups is 1. The van der Waals surface area contributed by atoms with Gasteiger partial charge in [0.15, 0.2) is 5.11 Å². The number of amides is 3. The molecule has 0 bridgehead atoms. The van der Waals surface area contributed by atoms with Gasteiger partial charge in [-0.15, -0.1) is 0 Å². The van der Waals surface area contributed by atoms with Gasteiger partial charge in [-0.05, 0) is 43.4 Å². The Bertz CT molecular complexity index is 981. The number of hydrazine groups is 1. The molecular weight excluding hydrogens is 448 g/mol. The fourth-order valence-electron chi connectivity index (χ4n) is 3.25. The van der Waals surface area contributed by atoms with Crippen molar-refractivity contribution in [2.24, 2.45) is 5.92 Å². The molecule has 1 aliphatic heterocycles. The lowest BCUT2D eigenvalue weighted by atomic mass is 10.1. The smallest absolute Gasteiger partial charge is 0.261 e. The molecule has 3 amide bonds. The van der Waals surface area contributed by atoms with E-state index in [0.717, 1.165) is 0 Å². The molecule has 2 aromatic rings. The minimum absolute atomic E-state index is 0.0831. The van der Waals surface area contributed by atoms with Crippen LogP contribution in [0.3, 0.4) is 0 Å². The van der Waals surface area contributed by atoms with E-state index >= 15 is 0 Å². The zero-order chi connectivity index (χ0) is 23.6. The van der Waals surface area contributed by atoms with E-state index < -0.39 is 17.7 Å². The Balaban J connectivity index is 1.45. The van der Waals surface area contributed by atoms with Crippen LogP contribution in [0.15, 0.2) is 47.1 Å². The Morgan fingerprint density at radius 2 is 2.00 bits per heavy atom. The molecule has 1 aromatic carbocycles. The normalized spacial score (nSPS) is 15.2. The van der Waals surface area contributed by atoms with Gasteiger partial charge in [0.1, 0.15) is 18.1 Å². The molecular formula is C22H26N4O6S. The summed E-state index contributed by atoms with van der Waals surface area (Å²) in [4.78, 5) is 38.8. The van der Waals surface area contributed by atoms with Crippen molar-refractivity contribution >= 4 is 35.1 Å². The van der Waals surface area contributed by atoms with Gasteiger partial charge in [0.05, 0.1) is 30.9 Å². The molecule has 3 rings (SSSR count). The number of hydrogen-bond acceptors (Lipinski definition) is 7. The van der Waals surface area contributed by atoms with Crippen LogP contribution in [0.4, 0.5) is 0 Å². The quantitative estimate of drug-likeness (QED) is 0.283. The van der Waals surface area contributed by atoms with Crippen molar-refractivity contribution in [1.29, 1.82) is 0 Å². The van der Waals surface area contributed by atoms with Crippen LogP contribution in [-0.2, 0) is 20.9 Å². The fraction of sp³-hybridized carbons (Fsp3) is 0.364. The predicted octanol–water partition coefficient (Wildman–Crippen LogP) is 1.38. The van der Waals surface area contributed by atoms with E-state index in [2.05, 4.69) is 16.2 Å². The molecule has 2 heterocycles. The summed E-state index contributed by atoms with van der Waals surface area (Å²) in [5.74, 6) is -0.534. The number of carbonyl (C=O) groups is 3. The van der Waals surface area contributed by atoms with Gasteiger partial charge in [0.2, 0.25) is 11.8 Å². The van der Waals surface area contributed by atoms with Crippen LogP contribution in [0.2, 0.25) is 0 Å². The average Bonchev–Trinajstić information content (AvgIpc) is 3.45. The summed E-state index contributed by atoms with van der Waals surface area (Å²) in [7, 11) is 0. The van der Waals surface area contributed by atoms with E-state index in [1.54, 1.807) is 41.3 Å². The number of nitrogens with zero attached hydrogens (tertiary/aromatic N) is 1. The van der Waals surface area contributed by atoms with Crippen LogP contribution in [-0.4, -0.2) is 54.1 Å². The Hall–Kier alpha value is -3.44. The number of ether oxygens (including phenoxy) is 2. The summed E-state index contributed by atoms with van der Waals surface area (Å²) < 4.78 is 16.1. The second-order valence-corrected chi connectivity index (χ2v) is 7.60. The molecule has 11 heteroatoms. The lowest BCUT2D eigenvalue weighted by Crippen LogP contribution is -2.50. The van der Waals surface area contributed by atoms with Gasteiger partial charge in [0, 0.05) is 19.6 Å². The van der Waals surface area contributed by atoms with Gasteiger partial charge in [-0.3, -0.25) is 30.6 Å². The van der Waals surface area contributed by atoms with Crippen molar-refractivity contribution < 1.29 is 28.3 Å². The lowest BCUT2D eigenvalue weighted by Gasteiger charge is -2.16. The first kappa shape index (κ1) is 24.2. The molecule has 1 aliphatic rings. The van der Waals surface area contributed by atoms with E-state index in [1.807, 2.05) is 6.92 Å². The van der Waals surface area contributed by atoms with E-state index in [-0.39, 0.29) is 24.0 Å². The largest absolute Gasteiger partial charge is 0.490 e. The van der Waals surface area contributed by atoms with E-state index in [9.17, 15) is 14.4 Å². The average molecular weight is 475 g/mol. The Labute approximate surface area is 196 Å². The molecule has 1 atom stereocenters. The summed E-state index contributed by atoms with van der Waals surface area (Å²) >= 11 is 5.10. The molecule has 176 valence electrons. The number of rotatable bonds is 9. The third-order valence-corrected chi connectivity index (χ3v) is 5.06. The standard InChI is InChI=1S/C22H26N4O6S/c1-2-30-10-11-32-18-8-4-3-7-17(18)21(29)23-22(33)25-24-20(28)15-12-19(27)26(13-15)14-16-6-5-9-31-16/h3-9,15H,2,10-14H2,1H3,(H,24,28)(H2,23,25,29,33). The number of hydrogen-bond donors (Lipinski definition) is 3. The van der Waals surface area contributed by atoms with Crippen LogP contribution < -0.4 is 20.9 Å². The highest BCUT2D eigenvalue weighted by Crippen LogP contribution is 2.20. The predicted molar refractivity (Wildman–Crippen MR) is 122 cm³/mol. The van der Waals surface area contributed by atoms with Crippen molar-refractivity contribution in [2.45, 2.75) is 19.9 Å². The van der Waals surface area contributed by atoms with Crippen molar-refractivity contribution in [1.82, 2.24) is 21.1 Å². The molecule has 0 saturated carbocycles. The number of nitrogens with one attached hydrogen (secondary N) is 3. The highest BCUT2D eigenvalue weighted by atomic mass is 32.1. The third kappa shape index (κ3) is 7.02. The molecule has 1 unspecified atom stereocenters. The van der Waals surface area contributed by atoms with E-state index in [0.29, 0.717) is 43.4 Å². The van der Waals surface area contributed by atoms with Crippen LogP contribution >= 0.6 is 12.2 Å². The number of likely N-dealkylation sites (tertiary alicyclic amines) is 1.